The molecule has 3 rings (SSSR count). The monoisotopic (exact) mass is 200 g/mol. The predicted molar refractivity (Wildman–Crippen MR) is 55.1 cm³/mol. The van der Waals surface area contributed by atoms with Gasteiger partial charge in [0.25, 0.3) is 6.01 Å². The molecular weight excluding hydrogens is 192 g/mol. The van der Waals surface area contributed by atoms with Crippen molar-refractivity contribution >= 4 is 11.5 Å². The van der Waals surface area contributed by atoms with Crippen molar-refractivity contribution in [2.24, 2.45) is 0 Å². The largest absolute Gasteiger partial charge is 0.424 e. The molecule has 3 aromatic heterocycles. The van der Waals surface area contributed by atoms with Gasteiger partial charge in [-0.25, -0.2) is 9.50 Å². The molecule has 3 heterocycles. The molecule has 0 fully saturated rings. The molecule has 0 amide bonds. The second-order valence-electron chi connectivity index (χ2n) is 3.15. The average molecular weight is 200 g/mol. The van der Waals surface area contributed by atoms with Crippen molar-refractivity contribution in [1.82, 2.24) is 14.6 Å². The van der Waals surface area contributed by atoms with Crippen LogP contribution in [0.3, 0.4) is 0 Å². The van der Waals surface area contributed by atoms with Crippen molar-refractivity contribution in [1.29, 1.82) is 0 Å². The average Bonchev–Trinajstić information content (AvgIpc) is 2.83. The minimum atomic E-state index is 0.167. The van der Waals surface area contributed by atoms with Gasteiger partial charge in [-0.1, -0.05) is 6.07 Å². The molecule has 0 aliphatic carbocycles. The highest BCUT2D eigenvalue weighted by atomic mass is 16.4. The number of oxazole rings is 1. The zero-order valence-electron chi connectivity index (χ0n) is 7.79. The van der Waals surface area contributed by atoms with Crippen LogP contribution in [0.2, 0.25) is 0 Å². The van der Waals surface area contributed by atoms with Crippen LogP contribution in [0.4, 0.5) is 6.01 Å². The van der Waals surface area contributed by atoms with Crippen molar-refractivity contribution < 1.29 is 4.42 Å². The SMILES string of the molecule is Nc1ncc(-c2cnn3ccccc23)o1. The Morgan fingerprint density at radius 1 is 1.27 bits per heavy atom. The van der Waals surface area contributed by atoms with Gasteiger partial charge >= 0.3 is 0 Å². The molecule has 0 saturated carbocycles. The molecule has 2 N–H and O–H groups in total. The Kier molecular flexibility index (Phi) is 1.53. The third kappa shape index (κ3) is 1.17. The summed E-state index contributed by atoms with van der Waals surface area (Å²) in [5.74, 6) is 0.633. The number of aromatic nitrogens is 3. The summed E-state index contributed by atoms with van der Waals surface area (Å²) >= 11 is 0. The van der Waals surface area contributed by atoms with Crippen molar-refractivity contribution in [2.45, 2.75) is 0 Å². The van der Waals surface area contributed by atoms with Crippen LogP contribution < -0.4 is 5.73 Å². The molecule has 5 heteroatoms. The second-order valence-corrected chi connectivity index (χ2v) is 3.15. The summed E-state index contributed by atoms with van der Waals surface area (Å²) in [4.78, 5) is 3.85. The van der Waals surface area contributed by atoms with E-state index < -0.39 is 0 Å². The van der Waals surface area contributed by atoms with Crippen molar-refractivity contribution in [3.63, 3.8) is 0 Å². The Bertz CT molecular complexity index is 610. The van der Waals surface area contributed by atoms with Gasteiger partial charge in [0.05, 0.1) is 23.5 Å². The molecule has 0 bridgehead atoms. The molecule has 0 atom stereocenters. The third-order valence-electron chi connectivity index (χ3n) is 2.22. The molecule has 0 saturated heterocycles. The number of fused-ring (bicyclic) bond motifs is 1. The quantitative estimate of drug-likeness (QED) is 0.647. The smallest absolute Gasteiger partial charge is 0.292 e. The van der Waals surface area contributed by atoms with Gasteiger partial charge in [0.1, 0.15) is 0 Å². The lowest BCUT2D eigenvalue weighted by Gasteiger charge is -1.93. The molecule has 3 aromatic rings. The van der Waals surface area contributed by atoms with Gasteiger partial charge in [-0.3, -0.25) is 0 Å². The summed E-state index contributed by atoms with van der Waals surface area (Å²) in [5.41, 5.74) is 7.28. The number of nitrogens with two attached hydrogens (primary N) is 1. The van der Waals surface area contributed by atoms with Crippen LogP contribution in [0, 0.1) is 0 Å². The summed E-state index contributed by atoms with van der Waals surface area (Å²) in [6, 6.07) is 5.99. The maximum Gasteiger partial charge on any atom is 0.292 e. The highest BCUT2D eigenvalue weighted by Crippen LogP contribution is 2.25. The van der Waals surface area contributed by atoms with E-state index in [4.69, 9.17) is 10.2 Å². The minimum absolute atomic E-state index is 0.167. The topological polar surface area (TPSA) is 69.3 Å². The summed E-state index contributed by atoms with van der Waals surface area (Å²) in [6.07, 6.45) is 5.20. The highest BCUT2D eigenvalue weighted by Gasteiger charge is 2.09. The number of rotatable bonds is 1. The summed E-state index contributed by atoms with van der Waals surface area (Å²) in [6.45, 7) is 0. The summed E-state index contributed by atoms with van der Waals surface area (Å²) in [5, 5.41) is 4.19. The van der Waals surface area contributed by atoms with E-state index in [0.717, 1.165) is 11.1 Å². The van der Waals surface area contributed by atoms with Crippen LogP contribution in [-0.4, -0.2) is 14.6 Å². The summed E-state index contributed by atoms with van der Waals surface area (Å²) in [7, 11) is 0. The molecule has 15 heavy (non-hydrogen) atoms. The first kappa shape index (κ1) is 8.05. The maximum atomic E-state index is 5.42. The van der Waals surface area contributed by atoms with Gasteiger partial charge < -0.3 is 10.2 Å². The van der Waals surface area contributed by atoms with E-state index >= 15 is 0 Å². The van der Waals surface area contributed by atoms with Crippen molar-refractivity contribution in [3.8, 4) is 11.3 Å². The van der Waals surface area contributed by atoms with E-state index in [1.54, 1.807) is 16.9 Å². The lowest BCUT2D eigenvalue weighted by atomic mass is 10.2. The fourth-order valence-corrected chi connectivity index (χ4v) is 1.54. The zero-order chi connectivity index (χ0) is 10.3. The predicted octanol–water partition coefficient (Wildman–Crippen LogP) is 1.57. The Morgan fingerprint density at radius 2 is 2.20 bits per heavy atom. The van der Waals surface area contributed by atoms with E-state index in [1.165, 1.54) is 0 Å². The molecule has 0 radical (unpaired) electrons. The molecule has 0 unspecified atom stereocenters. The molecule has 0 spiro atoms. The van der Waals surface area contributed by atoms with Gasteiger partial charge in [0, 0.05) is 6.20 Å². The lowest BCUT2D eigenvalue weighted by Crippen LogP contribution is -1.83. The number of pyridine rings is 1. The molecule has 0 aromatic carbocycles. The Hall–Kier alpha value is -2.30. The van der Waals surface area contributed by atoms with Crippen LogP contribution in [-0.2, 0) is 0 Å². The van der Waals surface area contributed by atoms with Crippen LogP contribution >= 0.6 is 0 Å². The first-order valence-electron chi connectivity index (χ1n) is 4.48. The van der Waals surface area contributed by atoms with E-state index in [1.807, 2.05) is 24.4 Å². The van der Waals surface area contributed by atoms with E-state index in [-0.39, 0.29) is 6.01 Å². The molecule has 5 nitrogen and oxygen atoms in total. The van der Waals surface area contributed by atoms with Crippen molar-refractivity contribution in [2.75, 3.05) is 5.73 Å². The Balaban J connectivity index is 2.27. The van der Waals surface area contributed by atoms with Gasteiger partial charge in [-0.2, -0.15) is 5.10 Å². The lowest BCUT2D eigenvalue weighted by molar-refractivity contribution is 0.595. The molecule has 0 aliphatic heterocycles. The van der Waals surface area contributed by atoms with Crippen LogP contribution in [0.1, 0.15) is 0 Å². The van der Waals surface area contributed by atoms with Gasteiger partial charge in [-0.05, 0) is 12.1 Å². The van der Waals surface area contributed by atoms with E-state index in [9.17, 15) is 0 Å². The number of nitrogens with zero attached hydrogens (tertiary/aromatic N) is 3. The van der Waals surface area contributed by atoms with Gasteiger partial charge in [-0.15, -0.1) is 0 Å². The minimum Gasteiger partial charge on any atom is -0.424 e. The second kappa shape index (κ2) is 2.84. The van der Waals surface area contributed by atoms with E-state index in [2.05, 4.69) is 10.1 Å². The maximum absolute atomic E-state index is 5.42. The normalized spacial score (nSPS) is 10.9. The van der Waals surface area contributed by atoms with Crippen LogP contribution in [0.25, 0.3) is 16.8 Å². The van der Waals surface area contributed by atoms with E-state index in [0.29, 0.717) is 5.76 Å². The fraction of sp³-hybridized carbons (Fsp3) is 0. The Labute approximate surface area is 85.1 Å². The third-order valence-corrected chi connectivity index (χ3v) is 2.22. The Morgan fingerprint density at radius 3 is 3.00 bits per heavy atom. The number of anilines is 1. The number of hydrogen-bond donors (Lipinski definition) is 1. The van der Waals surface area contributed by atoms with Crippen LogP contribution in [0.15, 0.2) is 41.2 Å². The van der Waals surface area contributed by atoms with Gasteiger partial charge in [0.2, 0.25) is 0 Å². The highest BCUT2D eigenvalue weighted by molar-refractivity contribution is 5.76. The number of nitrogen functional groups attached to an aromatic ring is 1. The van der Waals surface area contributed by atoms with Crippen LogP contribution in [0.5, 0.6) is 0 Å². The first-order valence-corrected chi connectivity index (χ1v) is 4.48. The standard InChI is InChI=1S/C10H8N4O/c11-10-12-6-9(15-10)7-5-13-14-4-2-1-3-8(7)14/h1-6H,(H2,11,12). The number of hydrogen-bond acceptors (Lipinski definition) is 4. The zero-order valence-corrected chi connectivity index (χ0v) is 7.79. The first-order chi connectivity index (χ1) is 7.34. The van der Waals surface area contributed by atoms with Gasteiger partial charge in [0.15, 0.2) is 5.76 Å². The molecule has 74 valence electrons. The fourth-order valence-electron chi connectivity index (χ4n) is 1.54. The summed E-state index contributed by atoms with van der Waals surface area (Å²) < 4.78 is 7.02. The molecular formula is C10H8N4O. The molecule has 0 aliphatic rings. The van der Waals surface area contributed by atoms with Crippen molar-refractivity contribution in [3.05, 3.63) is 36.8 Å².